The quantitative estimate of drug-likeness (QED) is 0.505. The second-order valence-electron chi connectivity index (χ2n) is 6.82. The van der Waals surface area contributed by atoms with Crippen LogP contribution in [-0.2, 0) is 24.0 Å². The van der Waals surface area contributed by atoms with Gasteiger partial charge in [0.25, 0.3) is 0 Å². The average molecular weight is 285 g/mol. The minimum absolute atomic E-state index is 0.0496. The lowest BCUT2D eigenvalue weighted by Gasteiger charge is -2.57. The number of carbonyl (C=O) groups is 1. The lowest BCUT2D eigenvalue weighted by Crippen LogP contribution is -2.69. The number of hydrogen-bond donors (Lipinski definition) is 0. The predicted molar refractivity (Wildman–Crippen MR) is 68.0 cm³/mol. The van der Waals surface area contributed by atoms with E-state index in [9.17, 15) is 4.79 Å². The molecule has 0 aromatic carbocycles. The molecule has 0 N–H and O–H groups in total. The van der Waals surface area contributed by atoms with Crippen LogP contribution in [0.25, 0.3) is 0 Å². The fourth-order valence-electron chi connectivity index (χ4n) is 4.51. The highest BCUT2D eigenvalue weighted by Gasteiger charge is 2.69. The van der Waals surface area contributed by atoms with Crippen molar-refractivity contribution in [1.82, 2.24) is 0 Å². The van der Waals surface area contributed by atoms with Gasteiger partial charge in [0.15, 0.2) is 5.60 Å². The van der Waals surface area contributed by atoms with Gasteiger partial charge in [-0.25, -0.2) is 9.78 Å². The van der Waals surface area contributed by atoms with Crippen molar-refractivity contribution in [2.75, 3.05) is 0 Å². The zero-order chi connectivity index (χ0) is 16.6. The molecular weight excluding hydrogens is 260 g/mol. The lowest BCUT2D eigenvalue weighted by molar-refractivity contribution is -0.559. The van der Waals surface area contributed by atoms with Crippen molar-refractivity contribution in [2.45, 2.75) is 64.1 Å². The monoisotopic (exact) mass is 285 g/mol. The Morgan fingerprint density at radius 2 is 2.10 bits per heavy atom. The molecule has 5 heteroatoms. The first-order valence-electron chi connectivity index (χ1n) is 8.92. The zero-order valence-corrected chi connectivity index (χ0v) is 11.8. The van der Waals surface area contributed by atoms with E-state index in [1.807, 2.05) is 0 Å². The van der Waals surface area contributed by atoms with E-state index >= 15 is 0 Å². The SMILES string of the molecule is [2H]C([2H])([2H])[C@H]1C(=O)O[C@H]2O[C@@]3(C)CC[C@H]4[C@H](C)CC[C@@H]1[C@@]24OO3. The van der Waals surface area contributed by atoms with Gasteiger partial charge in [-0.05, 0) is 32.1 Å². The number of ether oxygens (including phenoxy) is 2. The molecule has 4 saturated heterocycles. The van der Waals surface area contributed by atoms with E-state index in [0.29, 0.717) is 18.8 Å². The van der Waals surface area contributed by atoms with Crippen LogP contribution in [0.5, 0.6) is 0 Å². The van der Waals surface area contributed by atoms with Crippen molar-refractivity contribution >= 4 is 5.97 Å². The van der Waals surface area contributed by atoms with E-state index in [2.05, 4.69) is 6.92 Å². The number of fused-ring (bicyclic) bond motifs is 2. The molecule has 5 fully saturated rings. The van der Waals surface area contributed by atoms with E-state index in [1.165, 1.54) is 0 Å². The molecule has 5 nitrogen and oxygen atoms in total. The minimum Gasteiger partial charge on any atom is -0.432 e. The third-order valence-electron chi connectivity index (χ3n) is 5.65. The molecule has 4 aliphatic heterocycles. The Labute approximate surface area is 123 Å². The van der Waals surface area contributed by atoms with Gasteiger partial charge in [-0.1, -0.05) is 13.8 Å². The van der Waals surface area contributed by atoms with Gasteiger partial charge in [0, 0.05) is 22.4 Å². The molecule has 20 heavy (non-hydrogen) atoms. The molecular formula is C15H22O5. The Morgan fingerprint density at radius 1 is 1.25 bits per heavy atom. The fraction of sp³-hybridized carbons (Fsp3) is 0.933. The number of carbonyl (C=O) groups excluding carboxylic acids is 1. The summed E-state index contributed by atoms with van der Waals surface area (Å²) >= 11 is 0. The Hall–Kier alpha value is -0.650. The normalized spacial score (nSPS) is 60.6. The summed E-state index contributed by atoms with van der Waals surface area (Å²) in [5, 5.41) is 0. The molecule has 0 amide bonds. The largest absolute Gasteiger partial charge is 0.432 e. The summed E-state index contributed by atoms with van der Waals surface area (Å²) in [6.45, 7) is 1.47. The highest BCUT2D eigenvalue weighted by Crippen LogP contribution is 2.59. The first-order chi connectivity index (χ1) is 10.7. The molecule has 1 saturated carbocycles. The van der Waals surface area contributed by atoms with E-state index in [0.717, 1.165) is 12.8 Å². The maximum Gasteiger partial charge on any atom is 0.311 e. The summed E-state index contributed by atoms with van der Waals surface area (Å²) in [6, 6.07) is 0. The van der Waals surface area contributed by atoms with Gasteiger partial charge in [-0.3, -0.25) is 4.79 Å². The van der Waals surface area contributed by atoms with Gasteiger partial charge in [0.05, 0.1) is 5.92 Å². The van der Waals surface area contributed by atoms with Crippen molar-refractivity contribution in [3.63, 3.8) is 0 Å². The summed E-state index contributed by atoms with van der Waals surface area (Å²) < 4.78 is 34.8. The number of esters is 1. The molecule has 5 rings (SSSR count). The molecule has 2 bridgehead atoms. The van der Waals surface area contributed by atoms with Crippen LogP contribution in [0.4, 0.5) is 0 Å². The van der Waals surface area contributed by atoms with Gasteiger partial charge < -0.3 is 9.47 Å². The fourth-order valence-corrected chi connectivity index (χ4v) is 4.51. The summed E-state index contributed by atoms with van der Waals surface area (Å²) in [5.41, 5.74) is -1.01. The molecule has 1 aliphatic carbocycles. The molecule has 0 radical (unpaired) electrons. The third kappa shape index (κ3) is 1.46. The van der Waals surface area contributed by atoms with Crippen molar-refractivity contribution in [1.29, 1.82) is 0 Å². The van der Waals surface area contributed by atoms with Gasteiger partial charge in [-0.15, -0.1) is 0 Å². The third-order valence-corrected chi connectivity index (χ3v) is 5.65. The minimum atomic E-state index is -2.43. The van der Waals surface area contributed by atoms with Gasteiger partial charge in [0.2, 0.25) is 12.1 Å². The average Bonchev–Trinajstić information content (AvgIpc) is 2.66. The van der Waals surface area contributed by atoms with E-state index in [4.69, 9.17) is 23.4 Å². The van der Waals surface area contributed by atoms with Crippen LogP contribution in [0.1, 0.15) is 50.5 Å². The molecule has 0 unspecified atom stereocenters. The van der Waals surface area contributed by atoms with Crippen molar-refractivity contribution in [3.05, 3.63) is 0 Å². The highest BCUT2D eigenvalue weighted by molar-refractivity contribution is 5.74. The molecule has 5 aliphatic rings. The van der Waals surface area contributed by atoms with Crippen LogP contribution >= 0.6 is 0 Å². The standard InChI is InChI=1S/C15H22O5/c1-8-4-5-11-9(2)12(16)17-13-15(11)10(8)6-7-14(3,18-13)19-20-15/h8-11,13H,4-7H2,1-3H3/t8-,9-,10+,11+,13+,14-,15-/m1/s1/i2D3. The Kier molecular flexibility index (Phi) is 2.01. The first-order valence-corrected chi connectivity index (χ1v) is 7.42. The lowest BCUT2D eigenvalue weighted by atomic mass is 9.58. The van der Waals surface area contributed by atoms with Gasteiger partial charge >= 0.3 is 5.97 Å². The molecule has 112 valence electrons. The van der Waals surface area contributed by atoms with Crippen molar-refractivity contribution < 1.29 is 28.2 Å². The summed E-state index contributed by atoms with van der Waals surface area (Å²) in [5.74, 6) is -2.96. The van der Waals surface area contributed by atoms with Crippen LogP contribution in [0.15, 0.2) is 0 Å². The van der Waals surface area contributed by atoms with Crippen molar-refractivity contribution in [3.8, 4) is 0 Å². The van der Waals surface area contributed by atoms with Gasteiger partial charge in [0.1, 0.15) is 0 Å². The second kappa shape index (κ2) is 3.96. The predicted octanol–water partition coefficient (Wildman–Crippen LogP) is 2.39. The Morgan fingerprint density at radius 3 is 2.90 bits per heavy atom. The molecule has 0 aromatic rings. The maximum atomic E-state index is 12.4. The molecule has 0 aromatic heterocycles. The Bertz CT molecular complexity index is 538. The summed E-state index contributed by atoms with van der Waals surface area (Å²) in [4.78, 5) is 23.8. The second-order valence-corrected chi connectivity index (χ2v) is 6.82. The maximum absolute atomic E-state index is 12.4. The molecule has 7 atom stereocenters. The summed E-state index contributed by atoms with van der Waals surface area (Å²) in [7, 11) is 0. The molecule has 4 heterocycles. The molecule has 1 spiro atoms. The van der Waals surface area contributed by atoms with Crippen LogP contribution in [0.3, 0.4) is 0 Å². The number of rotatable bonds is 0. The smallest absolute Gasteiger partial charge is 0.311 e. The van der Waals surface area contributed by atoms with Crippen LogP contribution in [-0.4, -0.2) is 23.6 Å². The number of hydrogen-bond acceptors (Lipinski definition) is 5. The van der Waals surface area contributed by atoms with Gasteiger partial charge in [-0.2, -0.15) is 0 Å². The Balaban J connectivity index is 1.84. The van der Waals surface area contributed by atoms with Crippen molar-refractivity contribution in [2.24, 2.45) is 23.7 Å². The van der Waals surface area contributed by atoms with Crippen LogP contribution in [0, 0.1) is 23.7 Å². The van der Waals surface area contributed by atoms with E-state index in [1.54, 1.807) is 6.92 Å². The zero-order valence-electron chi connectivity index (χ0n) is 14.8. The van der Waals surface area contributed by atoms with E-state index < -0.39 is 42.3 Å². The topological polar surface area (TPSA) is 54.0 Å². The van der Waals surface area contributed by atoms with Crippen LogP contribution in [0.2, 0.25) is 0 Å². The highest BCUT2D eigenvalue weighted by atomic mass is 17.3. The van der Waals surface area contributed by atoms with Crippen LogP contribution < -0.4 is 0 Å². The summed E-state index contributed by atoms with van der Waals surface area (Å²) in [6.07, 6.45) is 1.99. The first kappa shape index (κ1) is 10.1. The van der Waals surface area contributed by atoms with E-state index in [-0.39, 0.29) is 5.92 Å².